The van der Waals surface area contributed by atoms with E-state index >= 15 is 0 Å². The Morgan fingerprint density at radius 3 is 2.59 bits per heavy atom. The third-order valence-electron chi connectivity index (χ3n) is 4.24. The number of hydrogen-bond donors (Lipinski definition) is 2. The summed E-state index contributed by atoms with van der Waals surface area (Å²) in [5, 5.41) is 12.6. The number of aliphatic hydroxyl groups is 1. The quantitative estimate of drug-likeness (QED) is 0.730. The summed E-state index contributed by atoms with van der Waals surface area (Å²) in [4.78, 5) is 14.1. The van der Waals surface area contributed by atoms with Crippen LogP contribution in [-0.2, 0) is 4.79 Å². The van der Waals surface area contributed by atoms with Gasteiger partial charge in [-0.05, 0) is 32.7 Å². The smallest absolute Gasteiger partial charge is 0.239 e. The molecule has 0 aliphatic carbocycles. The summed E-state index contributed by atoms with van der Waals surface area (Å²) < 4.78 is 0. The lowest BCUT2D eigenvalue weighted by Crippen LogP contribution is -2.53. The van der Waals surface area contributed by atoms with Gasteiger partial charge >= 0.3 is 0 Å². The van der Waals surface area contributed by atoms with Gasteiger partial charge in [-0.3, -0.25) is 4.79 Å². The molecule has 17 heavy (non-hydrogen) atoms. The molecule has 1 unspecified atom stereocenters. The zero-order chi connectivity index (χ0) is 12.9. The van der Waals surface area contributed by atoms with E-state index in [0.717, 1.165) is 32.2 Å². The van der Waals surface area contributed by atoms with Crippen molar-refractivity contribution in [3.63, 3.8) is 0 Å². The summed E-state index contributed by atoms with van der Waals surface area (Å²) in [5.74, 6) is 0.193. The van der Waals surface area contributed by atoms with E-state index in [9.17, 15) is 9.90 Å². The Kier molecular flexibility index (Phi) is 5.40. The van der Waals surface area contributed by atoms with Crippen LogP contribution in [0.2, 0.25) is 0 Å². The van der Waals surface area contributed by atoms with Crippen molar-refractivity contribution in [3.8, 4) is 0 Å². The van der Waals surface area contributed by atoms with Crippen molar-refractivity contribution >= 4 is 5.91 Å². The van der Waals surface area contributed by atoms with Crippen LogP contribution in [-0.4, -0.2) is 48.7 Å². The number of rotatable bonds is 6. The second-order valence-corrected chi connectivity index (χ2v) is 5.11. The first-order chi connectivity index (χ1) is 8.12. The second-order valence-electron chi connectivity index (χ2n) is 5.11. The first kappa shape index (κ1) is 14.5. The predicted octanol–water partition coefficient (Wildman–Crippen LogP) is 0.995. The maximum atomic E-state index is 12.2. The summed E-state index contributed by atoms with van der Waals surface area (Å²) in [6.07, 6.45) is 3.80. The van der Waals surface area contributed by atoms with Gasteiger partial charge in [0.15, 0.2) is 0 Å². The molecule has 0 aromatic carbocycles. The molecule has 0 aromatic rings. The highest BCUT2D eigenvalue weighted by Gasteiger charge is 2.34. The van der Waals surface area contributed by atoms with Gasteiger partial charge in [0, 0.05) is 18.5 Å². The van der Waals surface area contributed by atoms with Gasteiger partial charge in [-0.25, -0.2) is 0 Å². The number of likely N-dealkylation sites (N-methyl/N-ethyl adjacent to an activating group) is 1. The molecular formula is C13H26N2O2. The Balaban J connectivity index is 2.69. The van der Waals surface area contributed by atoms with Gasteiger partial charge < -0.3 is 15.3 Å². The summed E-state index contributed by atoms with van der Waals surface area (Å²) in [5.41, 5.74) is -0.120. The Bertz CT molecular complexity index is 244. The van der Waals surface area contributed by atoms with E-state index in [2.05, 4.69) is 19.2 Å². The fraction of sp³-hybridized carbons (Fsp3) is 0.923. The van der Waals surface area contributed by atoms with Gasteiger partial charge in [0.25, 0.3) is 0 Å². The third kappa shape index (κ3) is 3.19. The third-order valence-corrected chi connectivity index (χ3v) is 4.24. The summed E-state index contributed by atoms with van der Waals surface area (Å²) in [6, 6.07) is -0.0335. The van der Waals surface area contributed by atoms with Crippen LogP contribution in [0, 0.1) is 5.41 Å². The van der Waals surface area contributed by atoms with Crippen molar-refractivity contribution in [2.75, 3.05) is 26.7 Å². The van der Waals surface area contributed by atoms with Crippen LogP contribution in [0.25, 0.3) is 0 Å². The van der Waals surface area contributed by atoms with Gasteiger partial charge in [0.2, 0.25) is 5.91 Å². The van der Waals surface area contributed by atoms with Gasteiger partial charge in [-0.2, -0.15) is 0 Å². The first-order valence-electron chi connectivity index (χ1n) is 6.69. The van der Waals surface area contributed by atoms with E-state index in [1.54, 1.807) is 0 Å². The molecule has 0 saturated carbocycles. The fourth-order valence-electron chi connectivity index (χ4n) is 2.52. The largest absolute Gasteiger partial charge is 0.396 e. The Hall–Kier alpha value is -0.610. The number of carbonyl (C=O) groups is 1. The van der Waals surface area contributed by atoms with Crippen molar-refractivity contribution in [1.29, 1.82) is 0 Å². The minimum absolute atomic E-state index is 0.0335. The molecule has 1 atom stereocenters. The molecule has 0 radical (unpaired) electrons. The van der Waals surface area contributed by atoms with E-state index in [0.29, 0.717) is 6.54 Å². The number of nitrogens with one attached hydrogen (secondary N) is 1. The fourth-order valence-corrected chi connectivity index (χ4v) is 2.52. The topological polar surface area (TPSA) is 52.6 Å². The van der Waals surface area contributed by atoms with Gasteiger partial charge in [0.1, 0.15) is 0 Å². The van der Waals surface area contributed by atoms with Crippen molar-refractivity contribution in [3.05, 3.63) is 0 Å². The van der Waals surface area contributed by atoms with Crippen LogP contribution in [0.15, 0.2) is 0 Å². The molecule has 1 amide bonds. The summed E-state index contributed by atoms with van der Waals surface area (Å²) in [7, 11) is 1.84. The van der Waals surface area contributed by atoms with Crippen LogP contribution in [0.5, 0.6) is 0 Å². The zero-order valence-corrected chi connectivity index (χ0v) is 11.3. The monoisotopic (exact) mass is 242 g/mol. The van der Waals surface area contributed by atoms with E-state index in [4.69, 9.17) is 0 Å². The Labute approximate surface area is 104 Å². The van der Waals surface area contributed by atoms with E-state index in [1.165, 1.54) is 0 Å². The summed E-state index contributed by atoms with van der Waals surface area (Å²) in [6.45, 7) is 5.85. The van der Waals surface area contributed by atoms with Gasteiger partial charge in [-0.15, -0.1) is 0 Å². The van der Waals surface area contributed by atoms with Crippen LogP contribution in [0.3, 0.4) is 0 Å². The molecule has 2 N–H and O–H groups in total. The number of piperidine rings is 1. The van der Waals surface area contributed by atoms with Crippen LogP contribution >= 0.6 is 0 Å². The van der Waals surface area contributed by atoms with Crippen LogP contribution in [0.4, 0.5) is 0 Å². The highest BCUT2D eigenvalue weighted by Crippen LogP contribution is 2.28. The van der Waals surface area contributed by atoms with Crippen molar-refractivity contribution < 1.29 is 9.90 Å². The lowest BCUT2D eigenvalue weighted by Gasteiger charge is -2.39. The van der Waals surface area contributed by atoms with E-state index < -0.39 is 0 Å². The number of likely N-dealkylation sites (tertiary alicyclic amines) is 1. The molecule has 1 fully saturated rings. The predicted molar refractivity (Wildman–Crippen MR) is 68.8 cm³/mol. The highest BCUT2D eigenvalue weighted by molar-refractivity contribution is 5.82. The Morgan fingerprint density at radius 2 is 2.12 bits per heavy atom. The molecule has 1 aliphatic rings. The molecule has 0 spiro atoms. The molecule has 0 aromatic heterocycles. The minimum Gasteiger partial charge on any atom is -0.396 e. The second kappa shape index (κ2) is 6.36. The molecule has 1 rings (SSSR count). The molecule has 4 heteroatoms. The Morgan fingerprint density at radius 1 is 1.47 bits per heavy atom. The highest BCUT2D eigenvalue weighted by atomic mass is 16.3. The number of aliphatic hydroxyl groups excluding tert-OH is 1. The molecule has 4 nitrogen and oxygen atoms in total. The van der Waals surface area contributed by atoms with Crippen molar-refractivity contribution in [2.45, 2.75) is 45.6 Å². The standard InChI is InChI=1S/C13H26N2O2/c1-4-13(5-2,10-16)9-15-8-6-7-11(14-3)12(15)17/h11,14,16H,4-10H2,1-3H3. The molecule has 100 valence electrons. The van der Waals surface area contributed by atoms with Crippen molar-refractivity contribution in [2.24, 2.45) is 5.41 Å². The maximum Gasteiger partial charge on any atom is 0.239 e. The lowest BCUT2D eigenvalue weighted by atomic mass is 9.82. The normalized spacial score (nSPS) is 22.0. The number of hydrogen-bond acceptors (Lipinski definition) is 3. The van der Waals surface area contributed by atoms with Gasteiger partial charge in [0.05, 0.1) is 12.6 Å². The first-order valence-corrected chi connectivity index (χ1v) is 6.69. The number of nitrogens with zero attached hydrogens (tertiary/aromatic N) is 1. The maximum absolute atomic E-state index is 12.2. The molecule has 1 heterocycles. The average molecular weight is 242 g/mol. The lowest BCUT2D eigenvalue weighted by molar-refractivity contribution is -0.138. The average Bonchev–Trinajstić information content (AvgIpc) is 2.38. The molecule has 1 saturated heterocycles. The van der Waals surface area contributed by atoms with Crippen molar-refractivity contribution in [1.82, 2.24) is 10.2 Å². The zero-order valence-electron chi connectivity index (χ0n) is 11.3. The van der Waals surface area contributed by atoms with Gasteiger partial charge in [-0.1, -0.05) is 13.8 Å². The van der Waals surface area contributed by atoms with Crippen LogP contribution < -0.4 is 5.32 Å². The van der Waals surface area contributed by atoms with Crippen LogP contribution in [0.1, 0.15) is 39.5 Å². The summed E-state index contributed by atoms with van der Waals surface area (Å²) >= 11 is 0. The van der Waals surface area contributed by atoms with E-state index in [-0.39, 0.29) is 24.0 Å². The molecule has 0 bridgehead atoms. The SMILES string of the molecule is CCC(CC)(CO)CN1CCCC(NC)C1=O. The van der Waals surface area contributed by atoms with E-state index in [1.807, 2.05) is 11.9 Å². The number of amides is 1. The number of carbonyl (C=O) groups excluding carboxylic acids is 1. The molecular weight excluding hydrogens is 216 g/mol. The molecule has 1 aliphatic heterocycles. The minimum atomic E-state index is -0.120.